The van der Waals surface area contributed by atoms with Crippen molar-refractivity contribution in [2.75, 3.05) is 72.6 Å². The third kappa shape index (κ3) is 15.5. The van der Waals surface area contributed by atoms with Gasteiger partial charge in [-0.15, -0.1) is 0 Å². The van der Waals surface area contributed by atoms with Crippen LogP contribution in [0.15, 0.2) is 48.5 Å². The van der Waals surface area contributed by atoms with E-state index in [1.54, 1.807) is 69.3 Å². The SMILES string of the molecule is CCCCOC(=O)[C@H](Cc1ccc(OCC(=O)OC(C)(C)C)cc1)NC(=O)CCOCCOCCOCCOCCN1C(=O)c2ccccc2C1=O. The Bertz CT molecular complexity index is 1410. The predicted molar refractivity (Wildman–Crippen MR) is 189 cm³/mol. The molecular weight excluding hydrogens is 676 g/mol. The molecule has 0 aliphatic carbocycles. The Morgan fingerprint density at radius 2 is 1.31 bits per heavy atom. The van der Waals surface area contributed by atoms with E-state index in [0.29, 0.717) is 49.9 Å². The van der Waals surface area contributed by atoms with E-state index in [4.69, 9.17) is 33.2 Å². The summed E-state index contributed by atoms with van der Waals surface area (Å²) in [6.45, 7) is 9.83. The van der Waals surface area contributed by atoms with Gasteiger partial charge in [0.2, 0.25) is 5.91 Å². The molecule has 3 amide bonds. The van der Waals surface area contributed by atoms with Crippen LogP contribution in [0.1, 0.15) is 73.2 Å². The molecule has 14 heteroatoms. The first kappa shape index (κ1) is 42.0. The van der Waals surface area contributed by atoms with Gasteiger partial charge in [0.1, 0.15) is 17.4 Å². The molecule has 0 radical (unpaired) electrons. The van der Waals surface area contributed by atoms with Crippen LogP contribution in [0, 0.1) is 0 Å². The summed E-state index contributed by atoms with van der Waals surface area (Å²) in [5.41, 5.74) is 0.996. The van der Waals surface area contributed by atoms with Crippen molar-refractivity contribution in [3.8, 4) is 5.75 Å². The van der Waals surface area contributed by atoms with Gasteiger partial charge in [-0.05, 0) is 57.0 Å². The van der Waals surface area contributed by atoms with E-state index in [9.17, 15) is 24.0 Å². The number of carbonyl (C=O) groups excluding carboxylic acids is 5. The molecule has 0 aromatic heterocycles. The zero-order valence-corrected chi connectivity index (χ0v) is 30.6. The lowest BCUT2D eigenvalue weighted by atomic mass is 10.1. The first-order valence-electron chi connectivity index (χ1n) is 17.6. The van der Waals surface area contributed by atoms with Gasteiger partial charge in [0.05, 0.1) is 77.1 Å². The summed E-state index contributed by atoms with van der Waals surface area (Å²) in [7, 11) is 0. The van der Waals surface area contributed by atoms with Gasteiger partial charge in [0, 0.05) is 12.8 Å². The molecule has 3 rings (SSSR count). The van der Waals surface area contributed by atoms with Crippen LogP contribution < -0.4 is 10.1 Å². The monoisotopic (exact) mass is 728 g/mol. The lowest BCUT2D eigenvalue weighted by Gasteiger charge is -2.19. The van der Waals surface area contributed by atoms with E-state index in [2.05, 4.69) is 5.32 Å². The third-order valence-electron chi connectivity index (χ3n) is 7.43. The molecule has 0 spiro atoms. The summed E-state index contributed by atoms with van der Waals surface area (Å²) in [5, 5.41) is 2.76. The zero-order valence-electron chi connectivity index (χ0n) is 30.6. The normalized spacial score (nSPS) is 13.1. The number of amides is 3. The molecule has 1 N–H and O–H groups in total. The molecule has 1 aliphatic rings. The van der Waals surface area contributed by atoms with E-state index in [-0.39, 0.29) is 70.1 Å². The van der Waals surface area contributed by atoms with Crippen molar-refractivity contribution in [3.05, 3.63) is 65.2 Å². The molecule has 286 valence electrons. The Balaban J connectivity index is 1.23. The lowest BCUT2D eigenvalue weighted by molar-refractivity contribution is -0.157. The fourth-order valence-electron chi connectivity index (χ4n) is 4.87. The Morgan fingerprint density at radius 3 is 1.87 bits per heavy atom. The number of nitrogens with one attached hydrogen (secondary N) is 1. The van der Waals surface area contributed by atoms with Crippen molar-refractivity contribution in [1.29, 1.82) is 0 Å². The second-order valence-electron chi connectivity index (χ2n) is 12.9. The van der Waals surface area contributed by atoms with Crippen LogP contribution in [0.25, 0.3) is 0 Å². The predicted octanol–water partition coefficient (Wildman–Crippen LogP) is 3.53. The average molecular weight is 729 g/mol. The van der Waals surface area contributed by atoms with Gasteiger partial charge in [0.15, 0.2) is 6.61 Å². The molecule has 1 heterocycles. The van der Waals surface area contributed by atoms with Crippen molar-refractivity contribution in [3.63, 3.8) is 0 Å². The maximum Gasteiger partial charge on any atom is 0.344 e. The fraction of sp³-hybridized carbons (Fsp3) is 0.553. The molecule has 0 saturated carbocycles. The molecule has 0 fully saturated rings. The highest BCUT2D eigenvalue weighted by molar-refractivity contribution is 6.21. The highest BCUT2D eigenvalue weighted by Gasteiger charge is 2.34. The molecule has 2 aromatic carbocycles. The minimum atomic E-state index is -0.886. The maximum atomic E-state index is 12.8. The second-order valence-corrected chi connectivity index (χ2v) is 12.9. The topological polar surface area (TPSA) is 165 Å². The summed E-state index contributed by atoms with van der Waals surface area (Å²) in [6, 6.07) is 12.7. The molecule has 52 heavy (non-hydrogen) atoms. The summed E-state index contributed by atoms with van der Waals surface area (Å²) < 4.78 is 38.1. The Labute approximate surface area is 305 Å². The third-order valence-corrected chi connectivity index (χ3v) is 7.43. The van der Waals surface area contributed by atoms with Crippen LogP contribution >= 0.6 is 0 Å². The van der Waals surface area contributed by atoms with E-state index >= 15 is 0 Å². The largest absolute Gasteiger partial charge is 0.482 e. The lowest BCUT2D eigenvalue weighted by Crippen LogP contribution is -2.43. The number of rotatable bonds is 25. The summed E-state index contributed by atoms with van der Waals surface area (Å²) in [5.74, 6) is -1.49. The van der Waals surface area contributed by atoms with Crippen LogP contribution in [0.4, 0.5) is 0 Å². The Kier molecular flexibility index (Phi) is 18.2. The van der Waals surface area contributed by atoms with E-state index in [1.165, 1.54) is 4.90 Å². The fourth-order valence-corrected chi connectivity index (χ4v) is 4.87. The van der Waals surface area contributed by atoms with Gasteiger partial charge in [-0.3, -0.25) is 19.3 Å². The molecule has 0 bridgehead atoms. The number of hydrogen-bond donors (Lipinski definition) is 1. The van der Waals surface area contributed by atoms with Crippen LogP contribution in [0.3, 0.4) is 0 Å². The standard InChI is InChI=1S/C38H52N2O12/c1-5-6-17-50-37(45)32(26-28-11-13-29(14-12-28)51-27-34(42)52-38(2,3)4)39-33(41)15-18-46-20-22-48-24-25-49-23-21-47-19-16-40-35(43)30-9-7-8-10-31(30)36(40)44/h7-14,32H,5-6,15-27H2,1-4H3,(H,39,41)/t32-/m0/s1. The Hall–Kier alpha value is -4.37. The number of benzene rings is 2. The van der Waals surface area contributed by atoms with Crippen molar-refractivity contribution in [2.45, 2.75) is 65.0 Å². The maximum absolute atomic E-state index is 12.8. The Morgan fingerprint density at radius 1 is 0.750 bits per heavy atom. The minimum absolute atomic E-state index is 0.0479. The molecule has 0 unspecified atom stereocenters. The first-order valence-corrected chi connectivity index (χ1v) is 17.6. The van der Waals surface area contributed by atoms with E-state index < -0.39 is 23.6 Å². The smallest absolute Gasteiger partial charge is 0.344 e. The quantitative estimate of drug-likeness (QED) is 0.0900. The molecule has 1 atom stereocenters. The second kappa shape index (κ2) is 22.5. The van der Waals surface area contributed by atoms with Crippen molar-refractivity contribution in [2.24, 2.45) is 0 Å². The van der Waals surface area contributed by atoms with E-state index in [1.807, 2.05) is 6.92 Å². The number of esters is 2. The van der Waals surface area contributed by atoms with Crippen LogP contribution in [0.2, 0.25) is 0 Å². The number of nitrogens with zero attached hydrogens (tertiary/aromatic N) is 1. The van der Waals surface area contributed by atoms with Crippen molar-refractivity contribution < 1.29 is 57.1 Å². The molecule has 1 aliphatic heterocycles. The molecule has 14 nitrogen and oxygen atoms in total. The van der Waals surface area contributed by atoms with E-state index in [0.717, 1.165) is 18.4 Å². The highest BCUT2D eigenvalue weighted by atomic mass is 16.6. The first-order chi connectivity index (χ1) is 25.0. The van der Waals surface area contributed by atoms with Crippen LogP contribution in [0.5, 0.6) is 5.75 Å². The van der Waals surface area contributed by atoms with Crippen molar-refractivity contribution >= 4 is 29.7 Å². The average Bonchev–Trinajstić information content (AvgIpc) is 3.35. The van der Waals surface area contributed by atoms with Gasteiger partial charge in [-0.2, -0.15) is 0 Å². The van der Waals surface area contributed by atoms with Gasteiger partial charge >= 0.3 is 11.9 Å². The molecule has 2 aromatic rings. The zero-order chi connectivity index (χ0) is 37.8. The van der Waals surface area contributed by atoms with Gasteiger partial charge < -0.3 is 38.5 Å². The number of unbranched alkanes of at least 4 members (excludes halogenated alkanes) is 1. The number of ether oxygens (including phenoxy) is 7. The van der Waals surface area contributed by atoms with Crippen molar-refractivity contribution in [1.82, 2.24) is 10.2 Å². The summed E-state index contributed by atoms with van der Waals surface area (Å²) >= 11 is 0. The summed E-state index contributed by atoms with van der Waals surface area (Å²) in [6.07, 6.45) is 1.84. The van der Waals surface area contributed by atoms with Gasteiger partial charge in [-0.25, -0.2) is 9.59 Å². The number of imide groups is 1. The highest BCUT2D eigenvalue weighted by Crippen LogP contribution is 2.22. The van der Waals surface area contributed by atoms with Crippen LogP contribution in [-0.2, 0) is 49.2 Å². The van der Waals surface area contributed by atoms with Crippen LogP contribution in [-0.4, -0.2) is 119 Å². The number of carbonyl (C=O) groups is 5. The molecular formula is C38H52N2O12. The van der Waals surface area contributed by atoms with Gasteiger partial charge in [-0.1, -0.05) is 37.6 Å². The molecule has 0 saturated heterocycles. The summed E-state index contributed by atoms with van der Waals surface area (Å²) in [4.78, 5) is 63.3. The number of fused-ring (bicyclic) bond motifs is 1. The number of hydrogen-bond acceptors (Lipinski definition) is 12. The van der Waals surface area contributed by atoms with Gasteiger partial charge in [0.25, 0.3) is 11.8 Å². The minimum Gasteiger partial charge on any atom is -0.482 e.